The van der Waals surface area contributed by atoms with Crippen LogP contribution in [-0.2, 0) is 11.2 Å². The first-order valence-corrected chi connectivity index (χ1v) is 6.31. The van der Waals surface area contributed by atoms with Gasteiger partial charge in [0.25, 0.3) is 0 Å². The lowest BCUT2D eigenvalue weighted by molar-refractivity contribution is 0.600. The summed E-state index contributed by atoms with van der Waals surface area (Å²) in [6.45, 7) is 0. The SMILES string of the molecule is C[S+]([O-])c1nc2ccc(Cl)cc2s1. The van der Waals surface area contributed by atoms with E-state index in [2.05, 4.69) is 4.98 Å². The predicted octanol–water partition coefficient (Wildman–Crippen LogP) is 2.69. The molecule has 0 radical (unpaired) electrons. The Hall–Kier alpha value is -0.290. The van der Waals surface area contributed by atoms with E-state index in [4.69, 9.17) is 11.6 Å². The van der Waals surface area contributed by atoms with Crippen molar-refractivity contribution in [1.29, 1.82) is 0 Å². The first-order valence-electron chi connectivity index (χ1n) is 3.56. The number of benzene rings is 1. The van der Waals surface area contributed by atoms with Gasteiger partial charge < -0.3 is 4.55 Å². The van der Waals surface area contributed by atoms with Crippen LogP contribution in [0.15, 0.2) is 22.5 Å². The standard InChI is InChI=1S/C8H6ClNOS2/c1-13(11)8-10-6-3-2-5(9)4-7(6)12-8/h2-4H,1H3. The first-order chi connectivity index (χ1) is 6.16. The van der Waals surface area contributed by atoms with Crippen molar-refractivity contribution in [2.45, 2.75) is 4.34 Å². The summed E-state index contributed by atoms with van der Waals surface area (Å²) in [5, 5.41) is 0.685. The number of hydrogen-bond donors (Lipinski definition) is 0. The van der Waals surface area contributed by atoms with Crippen LogP contribution in [0.2, 0.25) is 5.02 Å². The molecule has 68 valence electrons. The van der Waals surface area contributed by atoms with Crippen molar-refractivity contribution in [3.05, 3.63) is 23.2 Å². The van der Waals surface area contributed by atoms with E-state index in [0.29, 0.717) is 9.36 Å². The molecule has 13 heavy (non-hydrogen) atoms. The first kappa shape index (κ1) is 9.27. The number of rotatable bonds is 1. The molecule has 0 amide bonds. The molecule has 2 nitrogen and oxygen atoms in total. The number of thiazole rings is 1. The summed E-state index contributed by atoms with van der Waals surface area (Å²) in [6.07, 6.45) is 1.62. The quantitative estimate of drug-likeness (QED) is 0.708. The summed E-state index contributed by atoms with van der Waals surface area (Å²) < 4.78 is 12.8. The van der Waals surface area contributed by atoms with E-state index in [0.717, 1.165) is 10.2 Å². The molecule has 2 rings (SSSR count). The minimum Gasteiger partial charge on any atom is -0.610 e. The van der Waals surface area contributed by atoms with Gasteiger partial charge in [0.05, 0.1) is 10.2 Å². The van der Waals surface area contributed by atoms with Crippen LogP contribution >= 0.6 is 22.9 Å². The van der Waals surface area contributed by atoms with Gasteiger partial charge in [-0.1, -0.05) is 22.9 Å². The van der Waals surface area contributed by atoms with Gasteiger partial charge in [-0.25, -0.2) is 0 Å². The summed E-state index contributed by atoms with van der Waals surface area (Å²) in [6, 6.07) is 5.46. The molecule has 0 fully saturated rings. The molecule has 2 aromatic rings. The normalized spacial score (nSPS) is 13.5. The lowest BCUT2D eigenvalue weighted by Crippen LogP contribution is -1.94. The highest BCUT2D eigenvalue weighted by molar-refractivity contribution is 7.92. The maximum Gasteiger partial charge on any atom is 0.302 e. The van der Waals surface area contributed by atoms with Crippen molar-refractivity contribution < 1.29 is 4.55 Å². The van der Waals surface area contributed by atoms with Crippen LogP contribution in [0.25, 0.3) is 10.2 Å². The molecule has 0 aliphatic carbocycles. The largest absolute Gasteiger partial charge is 0.610 e. The second-order valence-corrected chi connectivity index (χ2v) is 5.57. The Morgan fingerprint density at radius 2 is 2.31 bits per heavy atom. The fourth-order valence-electron chi connectivity index (χ4n) is 1.00. The summed E-state index contributed by atoms with van der Waals surface area (Å²) in [5.41, 5.74) is 0.861. The van der Waals surface area contributed by atoms with Crippen LogP contribution in [0.3, 0.4) is 0 Å². The van der Waals surface area contributed by atoms with Gasteiger partial charge >= 0.3 is 4.34 Å². The second kappa shape index (κ2) is 3.46. The lowest BCUT2D eigenvalue weighted by atomic mass is 10.3. The fraction of sp³-hybridized carbons (Fsp3) is 0.125. The van der Waals surface area contributed by atoms with Crippen LogP contribution in [0.4, 0.5) is 0 Å². The Balaban J connectivity index is 2.62. The minimum atomic E-state index is -1.00. The van der Waals surface area contributed by atoms with E-state index in [-0.39, 0.29) is 0 Å². The number of halogens is 1. The fourth-order valence-corrected chi connectivity index (χ4v) is 2.94. The molecular weight excluding hydrogens is 226 g/mol. The monoisotopic (exact) mass is 231 g/mol. The molecule has 0 saturated heterocycles. The summed E-state index contributed by atoms with van der Waals surface area (Å²) >= 11 is 6.23. The topological polar surface area (TPSA) is 36.0 Å². The average molecular weight is 232 g/mol. The second-order valence-electron chi connectivity index (χ2n) is 2.55. The molecule has 0 saturated carbocycles. The molecule has 1 aromatic carbocycles. The molecule has 1 heterocycles. The van der Waals surface area contributed by atoms with Gasteiger partial charge in [-0.05, 0) is 18.2 Å². The molecule has 0 spiro atoms. The van der Waals surface area contributed by atoms with Crippen molar-refractivity contribution in [2.75, 3.05) is 6.26 Å². The third-order valence-corrected chi connectivity index (χ3v) is 4.16. The van der Waals surface area contributed by atoms with Gasteiger partial charge in [-0.3, -0.25) is 0 Å². The number of aromatic nitrogens is 1. The van der Waals surface area contributed by atoms with Gasteiger partial charge in [0.2, 0.25) is 0 Å². The summed E-state index contributed by atoms with van der Waals surface area (Å²) in [5.74, 6) is 0. The highest BCUT2D eigenvalue weighted by Gasteiger charge is 2.11. The molecule has 1 unspecified atom stereocenters. The maximum atomic E-state index is 11.1. The van der Waals surface area contributed by atoms with E-state index in [1.54, 1.807) is 12.3 Å². The van der Waals surface area contributed by atoms with Gasteiger partial charge in [0, 0.05) is 16.2 Å². The predicted molar refractivity (Wildman–Crippen MR) is 57.0 cm³/mol. The Bertz CT molecular complexity index is 441. The Morgan fingerprint density at radius 1 is 1.54 bits per heavy atom. The van der Waals surface area contributed by atoms with Gasteiger partial charge in [-0.15, -0.1) is 0 Å². The average Bonchev–Trinajstić information content (AvgIpc) is 2.46. The molecule has 0 aliphatic heterocycles. The zero-order valence-electron chi connectivity index (χ0n) is 6.78. The molecule has 1 aromatic heterocycles. The Labute approximate surface area is 87.7 Å². The molecule has 5 heteroatoms. The zero-order valence-corrected chi connectivity index (χ0v) is 9.17. The van der Waals surface area contributed by atoms with E-state index >= 15 is 0 Å². The number of fused-ring (bicyclic) bond motifs is 1. The van der Waals surface area contributed by atoms with Crippen LogP contribution in [0.1, 0.15) is 0 Å². The van der Waals surface area contributed by atoms with Crippen molar-refractivity contribution in [1.82, 2.24) is 4.98 Å². The van der Waals surface area contributed by atoms with E-state index < -0.39 is 11.2 Å². The summed E-state index contributed by atoms with van der Waals surface area (Å²) in [7, 11) is 0. The third kappa shape index (κ3) is 1.81. The minimum absolute atomic E-state index is 0.650. The van der Waals surface area contributed by atoms with Crippen molar-refractivity contribution >= 4 is 44.3 Å². The Kier molecular flexibility index (Phi) is 2.47. The van der Waals surface area contributed by atoms with E-state index in [1.165, 1.54) is 11.3 Å². The smallest absolute Gasteiger partial charge is 0.302 e. The Morgan fingerprint density at radius 3 is 3.00 bits per heavy atom. The van der Waals surface area contributed by atoms with E-state index in [9.17, 15) is 4.55 Å². The zero-order chi connectivity index (χ0) is 9.42. The molecular formula is C8H6ClNOS2. The van der Waals surface area contributed by atoms with Crippen molar-refractivity contribution in [3.63, 3.8) is 0 Å². The van der Waals surface area contributed by atoms with Crippen molar-refractivity contribution in [3.8, 4) is 0 Å². The van der Waals surface area contributed by atoms with E-state index in [1.807, 2.05) is 12.1 Å². The number of nitrogens with zero attached hydrogens (tertiary/aromatic N) is 1. The van der Waals surface area contributed by atoms with Gasteiger partial charge in [-0.2, -0.15) is 4.98 Å². The highest BCUT2D eigenvalue weighted by Crippen LogP contribution is 2.27. The van der Waals surface area contributed by atoms with Crippen LogP contribution < -0.4 is 0 Å². The maximum absolute atomic E-state index is 11.1. The van der Waals surface area contributed by atoms with Crippen LogP contribution in [0, 0.1) is 0 Å². The molecule has 0 aliphatic rings. The summed E-state index contributed by atoms with van der Waals surface area (Å²) in [4.78, 5) is 4.21. The van der Waals surface area contributed by atoms with Gasteiger partial charge in [0.15, 0.2) is 0 Å². The van der Waals surface area contributed by atoms with Crippen molar-refractivity contribution in [2.24, 2.45) is 0 Å². The van der Waals surface area contributed by atoms with Gasteiger partial charge in [0.1, 0.15) is 6.26 Å². The lowest BCUT2D eigenvalue weighted by Gasteiger charge is -1.95. The molecule has 0 bridgehead atoms. The highest BCUT2D eigenvalue weighted by atomic mass is 35.5. The molecule has 1 atom stereocenters. The number of hydrogen-bond acceptors (Lipinski definition) is 3. The molecule has 0 N–H and O–H groups in total. The third-order valence-electron chi connectivity index (χ3n) is 1.58. The van der Waals surface area contributed by atoms with Crippen LogP contribution in [0.5, 0.6) is 0 Å². The van der Waals surface area contributed by atoms with Crippen LogP contribution in [-0.4, -0.2) is 15.8 Å².